The Morgan fingerprint density at radius 2 is 1.85 bits per heavy atom. The van der Waals surface area contributed by atoms with E-state index in [4.69, 9.17) is 0 Å². The van der Waals surface area contributed by atoms with Crippen LogP contribution in [0.4, 0.5) is 17.2 Å². The Morgan fingerprint density at radius 1 is 1.11 bits per heavy atom. The number of carbonyl (C=O) groups is 1. The molecule has 27 heavy (non-hydrogen) atoms. The molecule has 1 aliphatic rings. The number of anilines is 3. The number of hydrogen-bond donors (Lipinski definition) is 0. The third-order valence-corrected chi connectivity index (χ3v) is 4.96. The molecule has 0 saturated heterocycles. The smallest absolute Gasteiger partial charge is 0.277 e. The molecule has 5 nitrogen and oxygen atoms in total. The first-order valence-corrected chi connectivity index (χ1v) is 9.25. The van der Waals surface area contributed by atoms with Crippen molar-refractivity contribution in [3.05, 3.63) is 78.2 Å². The van der Waals surface area contributed by atoms with Crippen molar-refractivity contribution in [1.82, 2.24) is 9.97 Å². The zero-order valence-corrected chi connectivity index (χ0v) is 15.5. The van der Waals surface area contributed by atoms with Crippen LogP contribution in [-0.2, 0) is 6.42 Å². The average molecular weight is 358 g/mol. The molecular weight excluding hydrogens is 336 g/mol. The number of rotatable bonds is 4. The van der Waals surface area contributed by atoms with Gasteiger partial charge < -0.3 is 9.80 Å². The molecule has 0 N–H and O–H groups in total. The van der Waals surface area contributed by atoms with Crippen LogP contribution in [0.25, 0.3) is 0 Å². The zero-order valence-electron chi connectivity index (χ0n) is 15.5. The fourth-order valence-electron chi connectivity index (χ4n) is 3.70. The fraction of sp³-hybridized carbons (Fsp3) is 0.227. The van der Waals surface area contributed by atoms with Crippen molar-refractivity contribution in [2.45, 2.75) is 26.3 Å². The first-order chi connectivity index (χ1) is 13.2. The summed E-state index contributed by atoms with van der Waals surface area (Å²) in [5, 5.41) is 0. The zero-order chi connectivity index (χ0) is 18.8. The van der Waals surface area contributed by atoms with E-state index in [1.54, 1.807) is 11.0 Å². The molecule has 5 heteroatoms. The summed E-state index contributed by atoms with van der Waals surface area (Å²) in [7, 11) is 0. The van der Waals surface area contributed by atoms with Gasteiger partial charge in [0.25, 0.3) is 5.91 Å². The van der Waals surface area contributed by atoms with E-state index in [0.29, 0.717) is 12.2 Å². The lowest BCUT2D eigenvalue weighted by Gasteiger charge is -2.25. The molecule has 2 heterocycles. The van der Waals surface area contributed by atoms with Gasteiger partial charge in [-0.2, -0.15) is 0 Å². The highest BCUT2D eigenvalue weighted by Crippen LogP contribution is 2.37. The van der Waals surface area contributed by atoms with E-state index in [9.17, 15) is 4.79 Å². The number of nitrogens with zero attached hydrogens (tertiary/aromatic N) is 4. The topological polar surface area (TPSA) is 49.3 Å². The van der Waals surface area contributed by atoms with Gasteiger partial charge >= 0.3 is 0 Å². The van der Waals surface area contributed by atoms with Crippen LogP contribution in [0, 0.1) is 0 Å². The quantitative estimate of drug-likeness (QED) is 0.700. The molecule has 1 aromatic heterocycles. The van der Waals surface area contributed by atoms with E-state index in [2.05, 4.69) is 40.0 Å². The van der Waals surface area contributed by atoms with Crippen LogP contribution in [0.1, 0.15) is 29.9 Å². The van der Waals surface area contributed by atoms with Crippen LogP contribution in [0.2, 0.25) is 0 Å². The molecule has 1 unspecified atom stereocenters. The highest BCUT2D eigenvalue weighted by Gasteiger charge is 2.28. The molecule has 0 saturated carbocycles. The van der Waals surface area contributed by atoms with Gasteiger partial charge in [0, 0.05) is 30.0 Å². The van der Waals surface area contributed by atoms with Gasteiger partial charge in [0.2, 0.25) is 0 Å². The number of carbonyl (C=O) groups excluding carboxylic acids is 1. The standard InChI is InChI=1S/C22H22N4O/c1-3-25(18-10-5-4-6-11-18)22(27)19-14-21(24-15-23-19)26-16(2)13-17-9-7-8-12-20(17)26/h4-12,14-16H,3,13H2,1-2H3. The van der Waals surface area contributed by atoms with E-state index in [1.165, 1.54) is 11.9 Å². The van der Waals surface area contributed by atoms with Crippen molar-refractivity contribution in [1.29, 1.82) is 0 Å². The second-order valence-corrected chi connectivity index (χ2v) is 6.70. The second-order valence-electron chi connectivity index (χ2n) is 6.70. The number of benzene rings is 2. The highest BCUT2D eigenvalue weighted by molar-refractivity contribution is 6.05. The number of para-hydroxylation sites is 2. The summed E-state index contributed by atoms with van der Waals surface area (Å²) in [4.78, 5) is 25.7. The van der Waals surface area contributed by atoms with Gasteiger partial charge in [0.1, 0.15) is 17.8 Å². The molecular formula is C22H22N4O. The van der Waals surface area contributed by atoms with Gasteiger partial charge in [-0.3, -0.25) is 4.79 Å². The SMILES string of the molecule is CCN(C(=O)c1cc(N2c3ccccc3CC2C)ncn1)c1ccccc1. The number of aromatic nitrogens is 2. The predicted octanol–water partition coefficient (Wildman–Crippen LogP) is 4.23. The lowest BCUT2D eigenvalue weighted by Crippen LogP contribution is -2.32. The van der Waals surface area contributed by atoms with Crippen LogP contribution >= 0.6 is 0 Å². The third kappa shape index (κ3) is 3.16. The van der Waals surface area contributed by atoms with Crippen molar-refractivity contribution >= 4 is 23.1 Å². The van der Waals surface area contributed by atoms with Gasteiger partial charge in [-0.15, -0.1) is 0 Å². The van der Waals surface area contributed by atoms with Gasteiger partial charge in [-0.1, -0.05) is 36.4 Å². The summed E-state index contributed by atoms with van der Waals surface area (Å²) < 4.78 is 0. The Hall–Kier alpha value is -3.21. The molecule has 1 amide bonds. The van der Waals surface area contributed by atoms with E-state index >= 15 is 0 Å². The summed E-state index contributed by atoms with van der Waals surface area (Å²) in [5.41, 5.74) is 3.72. The Bertz CT molecular complexity index is 957. The monoisotopic (exact) mass is 358 g/mol. The third-order valence-electron chi connectivity index (χ3n) is 4.96. The van der Waals surface area contributed by atoms with E-state index in [-0.39, 0.29) is 11.9 Å². The Labute approximate surface area is 159 Å². The molecule has 0 radical (unpaired) electrons. The largest absolute Gasteiger partial charge is 0.323 e. The van der Waals surface area contributed by atoms with E-state index < -0.39 is 0 Å². The molecule has 0 bridgehead atoms. The lowest BCUT2D eigenvalue weighted by molar-refractivity contribution is 0.0983. The van der Waals surface area contributed by atoms with Crippen LogP contribution in [0.3, 0.4) is 0 Å². The van der Waals surface area contributed by atoms with Gasteiger partial charge in [-0.05, 0) is 44.0 Å². The van der Waals surface area contributed by atoms with E-state index in [1.807, 2.05) is 43.3 Å². The molecule has 1 atom stereocenters. The molecule has 0 spiro atoms. The van der Waals surface area contributed by atoms with Crippen molar-refractivity contribution in [3.63, 3.8) is 0 Å². The Morgan fingerprint density at radius 3 is 2.63 bits per heavy atom. The first-order valence-electron chi connectivity index (χ1n) is 9.25. The Kier molecular flexibility index (Phi) is 4.59. The van der Waals surface area contributed by atoms with Crippen LogP contribution in [-0.4, -0.2) is 28.5 Å². The van der Waals surface area contributed by atoms with Gasteiger partial charge in [0.05, 0.1) is 0 Å². The highest BCUT2D eigenvalue weighted by atomic mass is 16.2. The minimum atomic E-state index is -0.118. The van der Waals surface area contributed by atoms with Crippen LogP contribution in [0.5, 0.6) is 0 Å². The first kappa shape index (κ1) is 17.2. The van der Waals surface area contributed by atoms with Crippen molar-refractivity contribution < 1.29 is 4.79 Å². The molecule has 1 aliphatic heterocycles. The summed E-state index contributed by atoms with van der Waals surface area (Å²) in [6.45, 7) is 4.71. The predicted molar refractivity (Wildman–Crippen MR) is 108 cm³/mol. The summed E-state index contributed by atoms with van der Waals surface area (Å²) in [6.07, 6.45) is 2.45. The molecule has 0 aliphatic carbocycles. The number of fused-ring (bicyclic) bond motifs is 1. The maximum atomic E-state index is 13.1. The number of hydrogen-bond acceptors (Lipinski definition) is 4. The molecule has 3 aromatic rings. The second kappa shape index (κ2) is 7.19. The van der Waals surface area contributed by atoms with Crippen molar-refractivity contribution in [2.75, 3.05) is 16.3 Å². The molecule has 2 aromatic carbocycles. The van der Waals surface area contributed by atoms with Crippen LogP contribution < -0.4 is 9.80 Å². The summed E-state index contributed by atoms with van der Waals surface area (Å²) >= 11 is 0. The summed E-state index contributed by atoms with van der Waals surface area (Å²) in [5.74, 6) is 0.641. The fourth-order valence-corrected chi connectivity index (χ4v) is 3.70. The van der Waals surface area contributed by atoms with Crippen molar-refractivity contribution in [2.24, 2.45) is 0 Å². The summed E-state index contributed by atoms with van der Waals surface area (Å²) in [6, 6.07) is 20.1. The molecule has 136 valence electrons. The maximum Gasteiger partial charge on any atom is 0.277 e. The number of amides is 1. The average Bonchev–Trinajstić information content (AvgIpc) is 3.05. The Balaban J connectivity index is 1.68. The normalized spacial score (nSPS) is 15.5. The van der Waals surface area contributed by atoms with Gasteiger partial charge in [-0.25, -0.2) is 9.97 Å². The van der Waals surface area contributed by atoms with Crippen molar-refractivity contribution in [3.8, 4) is 0 Å². The minimum absolute atomic E-state index is 0.118. The lowest BCUT2D eigenvalue weighted by atomic mass is 10.1. The van der Waals surface area contributed by atoms with Crippen LogP contribution in [0.15, 0.2) is 67.0 Å². The van der Waals surface area contributed by atoms with Gasteiger partial charge in [0.15, 0.2) is 0 Å². The molecule has 0 fully saturated rings. The van der Waals surface area contributed by atoms with E-state index in [0.717, 1.165) is 23.6 Å². The maximum absolute atomic E-state index is 13.1. The molecule has 4 rings (SSSR count). The minimum Gasteiger partial charge on any atom is -0.323 e.